The van der Waals surface area contributed by atoms with Gasteiger partial charge in [-0.2, -0.15) is 0 Å². The monoisotopic (exact) mass is 119 g/mol. The van der Waals surface area contributed by atoms with Crippen LogP contribution in [0.15, 0.2) is 11.3 Å². The van der Waals surface area contributed by atoms with Crippen LogP contribution in [0.4, 0.5) is 0 Å². The zero-order valence-corrected chi connectivity index (χ0v) is 4.53. The van der Waals surface area contributed by atoms with E-state index < -0.39 is 0 Å². The average molecular weight is 120 g/mol. The van der Waals surface area contributed by atoms with Crippen LogP contribution in [0.5, 0.6) is 0 Å². The molecule has 2 nitrogen and oxygen atoms in total. The molecule has 0 amide bonds. The third-order valence-electron chi connectivity index (χ3n) is 0.366. The van der Waals surface area contributed by atoms with Crippen molar-refractivity contribution in [2.24, 2.45) is 0 Å². The maximum atomic E-state index is 9.30. The Morgan fingerprint density at radius 1 is 2.00 bits per heavy atom. The molecule has 0 aliphatic carbocycles. The van der Waals surface area contributed by atoms with Crippen molar-refractivity contribution in [1.29, 1.82) is 0 Å². The van der Waals surface area contributed by atoms with Gasteiger partial charge in [-0.05, 0) is 24.6 Å². The Bertz CT molecular complexity index is 87.7. The normalized spacial score (nSPS) is 10.9. The highest BCUT2D eigenvalue weighted by Crippen LogP contribution is 1.98. The van der Waals surface area contributed by atoms with Crippen LogP contribution in [0.1, 0.15) is 6.92 Å². The first-order valence-corrected chi connectivity index (χ1v) is 2.05. The van der Waals surface area contributed by atoms with E-state index in [9.17, 15) is 4.79 Å². The molecular weight excluding hydrogens is 115 g/mol. The molecule has 0 aliphatic heterocycles. The summed E-state index contributed by atoms with van der Waals surface area (Å²) < 4.78 is 4.01. The Morgan fingerprint density at radius 3 is 2.71 bits per heavy atom. The van der Waals surface area contributed by atoms with Crippen molar-refractivity contribution in [3.63, 3.8) is 0 Å². The van der Waals surface area contributed by atoms with Gasteiger partial charge in [0.15, 0.2) is 5.22 Å². The van der Waals surface area contributed by atoms with Crippen molar-refractivity contribution in [2.45, 2.75) is 6.92 Å². The Hall–Kier alpha value is -0.500. The average Bonchev–Trinajstić information content (AvgIpc) is 1.68. The summed E-state index contributed by atoms with van der Waals surface area (Å²) in [5.41, 5.74) is 0. The summed E-state index contributed by atoms with van der Waals surface area (Å²) in [6.45, 7) is 2.82. The molecule has 0 fully saturated rings. The molecule has 0 bridgehead atoms. The second-order valence-electron chi connectivity index (χ2n) is 0.778. The number of rotatable bonds is 2. The fourth-order valence-electron chi connectivity index (χ4n) is 0.0987. The number of hydrogen-bond donors (Lipinski definition) is 0. The van der Waals surface area contributed by atoms with E-state index in [0.717, 1.165) is 0 Å². The molecule has 7 heavy (non-hydrogen) atoms. The van der Waals surface area contributed by atoms with E-state index in [4.69, 9.17) is 11.6 Å². The quantitative estimate of drug-likeness (QED) is 0.510. The van der Waals surface area contributed by atoms with Gasteiger partial charge in [0.25, 0.3) is 0 Å². The molecule has 3 heteroatoms. The number of ether oxygens (including phenoxy) is 1. The van der Waals surface area contributed by atoms with Crippen molar-refractivity contribution in [1.82, 2.24) is 0 Å². The van der Waals surface area contributed by atoms with Gasteiger partial charge in [-0.1, -0.05) is 0 Å². The van der Waals surface area contributed by atoms with Crippen molar-refractivity contribution in [3.8, 4) is 0 Å². The molecule has 0 aromatic heterocycles. The Morgan fingerprint density at radius 2 is 2.57 bits per heavy atom. The highest BCUT2D eigenvalue weighted by atomic mass is 35.5. The van der Waals surface area contributed by atoms with Gasteiger partial charge in [0.05, 0.1) is 0 Å². The molecule has 0 spiro atoms. The van der Waals surface area contributed by atoms with Crippen LogP contribution in [0.3, 0.4) is 0 Å². The summed E-state index contributed by atoms with van der Waals surface area (Å²) in [6.07, 6.45) is 1.45. The highest BCUT2D eigenvalue weighted by Gasteiger charge is 1.83. The van der Waals surface area contributed by atoms with E-state index in [2.05, 4.69) is 4.74 Å². The summed E-state index contributed by atoms with van der Waals surface area (Å²) in [5.74, 6) is 0. The third kappa shape index (κ3) is 3.33. The largest absolute Gasteiger partial charge is 0.424 e. The second-order valence-corrected chi connectivity index (χ2v) is 1.15. The first-order chi connectivity index (χ1) is 3.31. The van der Waals surface area contributed by atoms with Crippen LogP contribution in [0.25, 0.3) is 0 Å². The number of carbonyl (C=O) groups excluding carboxylic acids is 1. The first-order valence-electron chi connectivity index (χ1n) is 1.67. The zero-order valence-electron chi connectivity index (χ0n) is 3.77. The summed E-state index contributed by atoms with van der Waals surface area (Å²) in [5, 5.41) is 0.0509. The third-order valence-corrected chi connectivity index (χ3v) is 0.661. The van der Waals surface area contributed by atoms with E-state index in [1.54, 1.807) is 6.92 Å². The van der Waals surface area contributed by atoms with Gasteiger partial charge in [-0.3, -0.25) is 0 Å². The maximum absolute atomic E-state index is 9.30. The molecular formula is C4H4ClO2. The van der Waals surface area contributed by atoms with Crippen LogP contribution in [-0.2, 0) is 9.53 Å². The van der Waals surface area contributed by atoms with Crippen LogP contribution >= 0.6 is 11.6 Å². The molecule has 1 radical (unpaired) electrons. The molecule has 0 aromatic carbocycles. The van der Waals surface area contributed by atoms with Gasteiger partial charge in [0, 0.05) is 0 Å². The van der Waals surface area contributed by atoms with Crippen LogP contribution in [-0.4, -0.2) is 6.47 Å². The smallest absolute Gasteiger partial charge is 0.406 e. The minimum atomic E-state index is 0.0509. The van der Waals surface area contributed by atoms with Gasteiger partial charge < -0.3 is 4.74 Å². The lowest BCUT2D eigenvalue weighted by Crippen LogP contribution is -1.77. The van der Waals surface area contributed by atoms with E-state index in [1.165, 1.54) is 12.5 Å². The van der Waals surface area contributed by atoms with Crippen LogP contribution in [0.2, 0.25) is 0 Å². The van der Waals surface area contributed by atoms with Gasteiger partial charge in [0.2, 0.25) is 0 Å². The topological polar surface area (TPSA) is 26.3 Å². The molecule has 0 aromatic rings. The lowest BCUT2D eigenvalue weighted by atomic mass is 10.7. The summed E-state index contributed by atoms with van der Waals surface area (Å²) in [6, 6.07) is 0. The predicted octanol–water partition coefficient (Wildman–Crippen LogP) is 1.17. The minimum Gasteiger partial charge on any atom is -0.406 e. The maximum Gasteiger partial charge on any atom is 0.424 e. The molecule has 0 heterocycles. The summed E-state index contributed by atoms with van der Waals surface area (Å²) >= 11 is 5.14. The van der Waals surface area contributed by atoms with Crippen LogP contribution in [0, 0.1) is 0 Å². The second kappa shape index (κ2) is 3.68. The van der Waals surface area contributed by atoms with Crippen molar-refractivity contribution >= 4 is 18.1 Å². The SMILES string of the molecule is CC=C(Cl)O[C]=O. The fraction of sp³-hybridized carbons (Fsp3) is 0.250. The van der Waals surface area contributed by atoms with Gasteiger partial charge in [-0.25, -0.2) is 4.79 Å². The van der Waals surface area contributed by atoms with E-state index in [-0.39, 0.29) is 5.22 Å². The number of hydrogen-bond acceptors (Lipinski definition) is 2. The molecule has 0 N–H and O–H groups in total. The predicted molar refractivity (Wildman–Crippen MR) is 26.4 cm³/mol. The van der Waals surface area contributed by atoms with E-state index in [0.29, 0.717) is 0 Å². The molecule has 39 valence electrons. The summed E-state index contributed by atoms with van der Waals surface area (Å²) in [4.78, 5) is 9.30. The van der Waals surface area contributed by atoms with Crippen molar-refractivity contribution < 1.29 is 9.53 Å². The Labute approximate surface area is 46.7 Å². The molecule has 0 atom stereocenters. The molecule has 0 saturated heterocycles. The molecule has 0 unspecified atom stereocenters. The minimum absolute atomic E-state index is 0.0509. The number of halogens is 1. The summed E-state index contributed by atoms with van der Waals surface area (Å²) in [7, 11) is 0. The lowest BCUT2D eigenvalue weighted by Gasteiger charge is -1.84. The Kier molecular flexibility index (Phi) is 3.42. The number of allylic oxidation sites excluding steroid dienone is 1. The standard InChI is InChI=1S/C4H4ClO2/c1-2-4(5)7-3-6/h2H,1H3. The van der Waals surface area contributed by atoms with Crippen molar-refractivity contribution in [2.75, 3.05) is 0 Å². The molecule has 0 rings (SSSR count). The lowest BCUT2D eigenvalue weighted by molar-refractivity contribution is 0.386. The fourth-order valence-corrected chi connectivity index (χ4v) is 0.130. The van der Waals surface area contributed by atoms with Gasteiger partial charge in [0.1, 0.15) is 0 Å². The van der Waals surface area contributed by atoms with Gasteiger partial charge >= 0.3 is 6.47 Å². The van der Waals surface area contributed by atoms with Gasteiger partial charge in [-0.15, -0.1) is 0 Å². The van der Waals surface area contributed by atoms with Crippen molar-refractivity contribution in [3.05, 3.63) is 11.3 Å². The Balaban J connectivity index is 3.36. The van der Waals surface area contributed by atoms with E-state index in [1.807, 2.05) is 0 Å². The molecule has 0 saturated carbocycles. The first kappa shape index (κ1) is 6.50. The van der Waals surface area contributed by atoms with E-state index >= 15 is 0 Å². The zero-order chi connectivity index (χ0) is 5.70. The van der Waals surface area contributed by atoms with Crippen LogP contribution < -0.4 is 0 Å². The molecule has 0 aliphatic rings. The highest BCUT2D eigenvalue weighted by molar-refractivity contribution is 6.28.